The molecule has 0 spiro atoms. The Balaban J connectivity index is 3.13. The van der Waals surface area contributed by atoms with Crippen LogP contribution >= 0.6 is 22.6 Å². The van der Waals surface area contributed by atoms with E-state index in [1.165, 1.54) is 12.1 Å². The number of alkyl halides is 2. The summed E-state index contributed by atoms with van der Waals surface area (Å²) in [6.45, 7) is -1.17. The summed E-state index contributed by atoms with van der Waals surface area (Å²) in [6.07, 6.45) is -0.181. The molecule has 1 aromatic carbocycles. The fraction of sp³-hybridized carbons (Fsp3) is 0.333. The van der Waals surface area contributed by atoms with Gasteiger partial charge in [0.05, 0.1) is 24.7 Å². The number of hydrogen-bond acceptors (Lipinski definition) is 4. The molecular weight excluding hydrogens is 371 g/mol. The van der Waals surface area contributed by atoms with Gasteiger partial charge in [0.1, 0.15) is 5.75 Å². The number of benzene rings is 1. The van der Waals surface area contributed by atoms with Crippen molar-refractivity contribution in [2.75, 3.05) is 6.61 Å². The zero-order chi connectivity index (χ0) is 14.4. The largest absolute Gasteiger partial charge is 0.466 e. The maximum absolute atomic E-state index is 12.3. The van der Waals surface area contributed by atoms with E-state index >= 15 is 0 Å². The third-order valence-electron chi connectivity index (χ3n) is 2.13. The molecule has 19 heavy (non-hydrogen) atoms. The maximum atomic E-state index is 12.3. The number of esters is 1. The molecule has 0 amide bonds. The minimum atomic E-state index is -3.02. The lowest BCUT2D eigenvalue weighted by molar-refractivity contribution is -0.142. The van der Waals surface area contributed by atoms with Crippen LogP contribution in [0, 0.1) is 14.9 Å². The zero-order valence-corrected chi connectivity index (χ0v) is 12.1. The summed E-state index contributed by atoms with van der Waals surface area (Å²) in [7, 11) is 0. The quantitative estimate of drug-likeness (QED) is 0.582. The van der Waals surface area contributed by atoms with Gasteiger partial charge in [-0.2, -0.15) is 14.0 Å². The van der Waals surface area contributed by atoms with Gasteiger partial charge in [-0.25, -0.2) is 0 Å². The maximum Gasteiger partial charge on any atom is 0.387 e. The van der Waals surface area contributed by atoms with Crippen molar-refractivity contribution in [3.63, 3.8) is 0 Å². The zero-order valence-electron chi connectivity index (χ0n) is 9.95. The van der Waals surface area contributed by atoms with Crippen LogP contribution in [-0.4, -0.2) is 19.2 Å². The van der Waals surface area contributed by atoms with Crippen molar-refractivity contribution in [1.29, 1.82) is 5.26 Å². The number of nitrogens with zero attached hydrogens (tertiary/aromatic N) is 1. The van der Waals surface area contributed by atoms with Crippen molar-refractivity contribution in [3.8, 4) is 11.8 Å². The SMILES string of the molecule is CCOC(=O)Cc1c(I)cc(C#N)cc1OC(F)F. The molecule has 0 aromatic heterocycles. The standard InChI is InChI=1S/C12H10F2INO3/c1-2-18-11(17)5-8-9(15)3-7(6-16)4-10(8)19-12(13)14/h3-4,12H,2,5H2,1H3. The smallest absolute Gasteiger partial charge is 0.387 e. The first-order valence-corrected chi connectivity index (χ1v) is 6.38. The summed E-state index contributed by atoms with van der Waals surface area (Å²) < 4.78 is 34.3. The average molecular weight is 381 g/mol. The van der Waals surface area contributed by atoms with Gasteiger partial charge < -0.3 is 9.47 Å². The molecule has 0 aliphatic heterocycles. The molecular formula is C12H10F2INO3. The second-order valence-electron chi connectivity index (χ2n) is 3.41. The third-order valence-corrected chi connectivity index (χ3v) is 3.09. The van der Waals surface area contributed by atoms with Gasteiger partial charge in [0.2, 0.25) is 0 Å². The van der Waals surface area contributed by atoms with Crippen molar-refractivity contribution in [2.24, 2.45) is 0 Å². The predicted octanol–water partition coefficient (Wildman–Crippen LogP) is 2.87. The molecule has 0 heterocycles. The van der Waals surface area contributed by atoms with Gasteiger partial charge in [0.25, 0.3) is 0 Å². The van der Waals surface area contributed by atoms with Gasteiger partial charge in [-0.1, -0.05) is 0 Å². The van der Waals surface area contributed by atoms with E-state index in [1.807, 2.05) is 28.7 Å². The molecule has 0 radical (unpaired) electrons. The van der Waals surface area contributed by atoms with Crippen LogP contribution < -0.4 is 4.74 Å². The molecule has 7 heteroatoms. The molecule has 1 aromatic rings. The Labute approximate surface area is 122 Å². The highest BCUT2D eigenvalue weighted by molar-refractivity contribution is 14.1. The fourth-order valence-corrected chi connectivity index (χ4v) is 2.20. The Morgan fingerprint density at radius 1 is 1.53 bits per heavy atom. The molecule has 0 saturated carbocycles. The van der Waals surface area contributed by atoms with E-state index in [4.69, 9.17) is 10.00 Å². The van der Waals surface area contributed by atoms with Crippen LogP contribution in [0.4, 0.5) is 8.78 Å². The van der Waals surface area contributed by atoms with Crippen molar-refractivity contribution in [1.82, 2.24) is 0 Å². The van der Waals surface area contributed by atoms with E-state index in [1.54, 1.807) is 6.92 Å². The molecule has 102 valence electrons. The van der Waals surface area contributed by atoms with Crippen LogP contribution in [0.2, 0.25) is 0 Å². The summed E-state index contributed by atoms with van der Waals surface area (Å²) >= 11 is 1.86. The Hall–Kier alpha value is -1.43. The first-order valence-electron chi connectivity index (χ1n) is 5.30. The first-order chi connectivity index (χ1) is 8.97. The van der Waals surface area contributed by atoms with Crippen LogP contribution in [0.1, 0.15) is 18.1 Å². The Kier molecular flexibility index (Phi) is 5.95. The molecule has 4 nitrogen and oxygen atoms in total. The van der Waals surface area contributed by atoms with Crippen molar-refractivity contribution in [3.05, 3.63) is 26.8 Å². The summed E-state index contributed by atoms with van der Waals surface area (Å²) in [6, 6.07) is 4.52. The number of hydrogen-bond donors (Lipinski definition) is 0. The van der Waals surface area contributed by atoms with Crippen LogP contribution in [0.5, 0.6) is 5.75 Å². The monoisotopic (exact) mass is 381 g/mol. The van der Waals surface area contributed by atoms with E-state index in [9.17, 15) is 13.6 Å². The number of rotatable bonds is 5. The van der Waals surface area contributed by atoms with Crippen LogP contribution in [-0.2, 0) is 16.0 Å². The molecule has 0 saturated heterocycles. The second-order valence-corrected chi connectivity index (χ2v) is 4.57. The molecule has 0 bridgehead atoms. The molecule has 0 aliphatic carbocycles. The topological polar surface area (TPSA) is 59.3 Å². The van der Waals surface area contributed by atoms with Crippen LogP contribution in [0.15, 0.2) is 12.1 Å². The summed E-state index contributed by atoms with van der Waals surface area (Å²) in [5.41, 5.74) is 0.478. The first kappa shape index (κ1) is 15.6. The molecule has 0 fully saturated rings. The molecule has 0 atom stereocenters. The molecule has 0 N–H and O–H groups in total. The lowest BCUT2D eigenvalue weighted by atomic mass is 10.1. The third kappa shape index (κ3) is 4.63. The molecule has 0 aliphatic rings. The predicted molar refractivity (Wildman–Crippen MR) is 70.8 cm³/mol. The minimum absolute atomic E-state index is 0.175. The van der Waals surface area contributed by atoms with Gasteiger partial charge in [0.15, 0.2) is 0 Å². The lowest BCUT2D eigenvalue weighted by Crippen LogP contribution is -2.12. The van der Waals surface area contributed by atoms with Gasteiger partial charge >= 0.3 is 12.6 Å². The summed E-state index contributed by atoms with van der Waals surface area (Å²) in [4.78, 5) is 11.4. The highest BCUT2D eigenvalue weighted by Crippen LogP contribution is 2.28. The fourth-order valence-electron chi connectivity index (χ4n) is 1.40. The molecule has 0 unspecified atom stereocenters. The van der Waals surface area contributed by atoms with Crippen LogP contribution in [0.3, 0.4) is 0 Å². The van der Waals surface area contributed by atoms with E-state index in [0.717, 1.165) is 0 Å². The van der Waals surface area contributed by atoms with E-state index in [2.05, 4.69) is 4.74 Å². The average Bonchev–Trinajstić information content (AvgIpc) is 2.32. The molecule has 1 rings (SSSR count). The lowest BCUT2D eigenvalue weighted by Gasteiger charge is -2.12. The highest BCUT2D eigenvalue weighted by Gasteiger charge is 2.17. The van der Waals surface area contributed by atoms with Gasteiger partial charge in [0, 0.05) is 9.13 Å². The highest BCUT2D eigenvalue weighted by atomic mass is 127. The number of halogens is 3. The van der Waals surface area contributed by atoms with Gasteiger partial charge in [-0.15, -0.1) is 0 Å². The van der Waals surface area contributed by atoms with E-state index in [-0.39, 0.29) is 24.3 Å². The van der Waals surface area contributed by atoms with Crippen molar-refractivity contribution >= 4 is 28.6 Å². The number of carbonyl (C=O) groups is 1. The van der Waals surface area contributed by atoms with E-state index < -0.39 is 12.6 Å². The Morgan fingerprint density at radius 2 is 2.21 bits per heavy atom. The van der Waals surface area contributed by atoms with E-state index in [0.29, 0.717) is 9.13 Å². The van der Waals surface area contributed by atoms with Crippen molar-refractivity contribution in [2.45, 2.75) is 20.0 Å². The van der Waals surface area contributed by atoms with Gasteiger partial charge in [-0.05, 0) is 41.6 Å². The minimum Gasteiger partial charge on any atom is -0.466 e. The summed E-state index contributed by atoms with van der Waals surface area (Å²) in [5.74, 6) is -0.712. The Bertz CT molecular complexity index is 514. The number of nitriles is 1. The second kappa shape index (κ2) is 7.23. The van der Waals surface area contributed by atoms with Crippen molar-refractivity contribution < 1.29 is 23.0 Å². The number of ether oxygens (including phenoxy) is 2. The Morgan fingerprint density at radius 3 is 2.74 bits per heavy atom. The summed E-state index contributed by atoms with van der Waals surface area (Å²) in [5, 5.41) is 8.79. The normalized spacial score (nSPS) is 10.1. The number of carbonyl (C=O) groups excluding carboxylic acids is 1. The van der Waals surface area contributed by atoms with Crippen LogP contribution in [0.25, 0.3) is 0 Å². The van der Waals surface area contributed by atoms with Gasteiger partial charge in [-0.3, -0.25) is 4.79 Å².